The molecule has 2 aliphatic heterocycles. The molecule has 2 aromatic rings. The van der Waals surface area contributed by atoms with Crippen LogP contribution < -0.4 is 0 Å². The second-order valence-electron chi connectivity index (χ2n) is 8.06. The summed E-state index contributed by atoms with van der Waals surface area (Å²) in [6, 6.07) is 10.8. The van der Waals surface area contributed by atoms with Crippen molar-refractivity contribution >= 4 is 27.4 Å². The monoisotopic (exact) mass is 398 g/mol. The van der Waals surface area contributed by atoms with Crippen LogP contribution in [0.25, 0.3) is 10.1 Å². The van der Waals surface area contributed by atoms with E-state index in [0.717, 1.165) is 38.7 Å². The number of fused-ring (bicyclic) bond motifs is 2. The van der Waals surface area contributed by atoms with Crippen LogP contribution in [0.4, 0.5) is 0 Å². The van der Waals surface area contributed by atoms with Gasteiger partial charge in [0.2, 0.25) is 0 Å². The fraction of sp³-hybridized carbons (Fsp3) is 0.522. The first kappa shape index (κ1) is 18.3. The van der Waals surface area contributed by atoms with E-state index in [0.29, 0.717) is 6.42 Å². The molecule has 5 rings (SSSR count). The SMILES string of the molecule is O=C1C[C@@H]2[C@@H](/C=C/Cc3cc4ccccc4s3)[C@H](OC3CCCCO3)C[C@@H]2O1. The lowest BCUT2D eigenvalue weighted by Gasteiger charge is -2.28. The molecular weight excluding hydrogens is 372 g/mol. The third-order valence-corrected chi connectivity index (χ3v) is 7.31. The summed E-state index contributed by atoms with van der Waals surface area (Å²) in [6.07, 6.45) is 9.93. The maximum absolute atomic E-state index is 11.8. The van der Waals surface area contributed by atoms with Gasteiger partial charge in [-0.2, -0.15) is 0 Å². The highest BCUT2D eigenvalue weighted by Crippen LogP contribution is 2.44. The van der Waals surface area contributed by atoms with E-state index in [2.05, 4.69) is 42.5 Å². The zero-order valence-corrected chi connectivity index (χ0v) is 16.7. The van der Waals surface area contributed by atoms with E-state index in [4.69, 9.17) is 14.2 Å². The quantitative estimate of drug-likeness (QED) is 0.533. The average molecular weight is 399 g/mol. The zero-order valence-electron chi connectivity index (χ0n) is 15.9. The number of hydrogen-bond donors (Lipinski definition) is 0. The molecule has 1 aromatic carbocycles. The standard InChI is InChI=1S/C23H26O4S/c24-22-13-18-17(8-5-7-16-12-15-6-1-2-9-21(15)28-16)19(14-20(18)26-22)27-23-10-3-4-11-25-23/h1-2,5-6,8-9,12,17-20,23H,3-4,7,10-11,13-14H2/b8-5+/t17-,18-,19-,20+,23?/m1/s1. The zero-order chi connectivity index (χ0) is 18.9. The Balaban J connectivity index is 1.29. The minimum atomic E-state index is -0.105. The maximum atomic E-state index is 11.8. The number of ether oxygens (including phenoxy) is 3. The van der Waals surface area contributed by atoms with E-state index in [-0.39, 0.29) is 36.3 Å². The van der Waals surface area contributed by atoms with Crippen molar-refractivity contribution in [1.29, 1.82) is 0 Å². The lowest BCUT2D eigenvalue weighted by Crippen LogP contribution is -2.31. The maximum Gasteiger partial charge on any atom is 0.306 e. The van der Waals surface area contributed by atoms with Crippen molar-refractivity contribution in [3.63, 3.8) is 0 Å². The number of benzene rings is 1. The van der Waals surface area contributed by atoms with Crippen molar-refractivity contribution in [2.45, 2.75) is 57.0 Å². The molecule has 5 heteroatoms. The first-order valence-corrected chi connectivity index (χ1v) is 11.2. The van der Waals surface area contributed by atoms with Gasteiger partial charge in [-0.05, 0) is 43.2 Å². The highest BCUT2D eigenvalue weighted by atomic mass is 32.1. The molecule has 28 heavy (non-hydrogen) atoms. The summed E-state index contributed by atoms with van der Waals surface area (Å²) >= 11 is 1.85. The van der Waals surface area contributed by atoms with E-state index in [1.807, 2.05) is 11.3 Å². The minimum Gasteiger partial charge on any atom is -0.462 e. The molecule has 3 fully saturated rings. The van der Waals surface area contributed by atoms with Gasteiger partial charge in [-0.15, -0.1) is 11.3 Å². The van der Waals surface area contributed by atoms with E-state index in [1.54, 1.807) is 0 Å². The van der Waals surface area contributed by atoms with Gasteiger partial charge in [0.1, 0.15) is 6.10 Å². The molecular formula is C23H26O4S. The lowest BCUT2D eigenvalue weighted by molar-refractivity contribution is -0.194. The highest BCUT2D eigenvalue weighted by molar-refractivity contribution is 7.19. The van der Waals surface area contributed by atoms with Gasteiger partial charge in [-0.25, -0.2) is 0 Å². The molecule has 1 aliphatic carbocycles. The number of hydrogen-bond acceptors (Lipinski definition) is 5. The molecule has 2 saturated heterocycles. The third kappa shape index (κ3) is 3.76. The molecule has 3 aliphatic rings. The molecule has 1 aromatic heterocycles. The van der Waals surface area contributed by atoms with E-state index in [9.17, 15) is 4.79 Å². The summed E-state index contributed by atoms with van der Waals surface area (Å²) in [5.41, 5.74) is 0. The van der Waals surface area contributed by atoms with Crippen LogP contribution in [0.1, 0.15) is 37.0 Å². The number of rotatable bonds is 5. The summed E-state index contributed by atoms with van der Waals surface area (Å²) in [7, 11) is 0. The van der Waals surface area contributed by atoms with Crippen LogP contribution in [0, 0.1) is 11.8 Å². The summed E-state index contributed by atoms with van der Waals surface area (Å²) < 4.78 is 19.0. The predicted molar refractivity (Wildman–Crippen MR) is 109 cm³/mol. The lowest BCUT2D eigenvalue weighted by atomic mass is 9.91. The Bertz CT molecular complexity index is 833. The Morgan fingerprint density at radius 2 is 2.18 bits per heavy atom. The van der Waals surface area contributed by atoms with Gasteiger partial charge in [-0.1, -0.05) is 30.4 Å². The second-order valence-corrected chi connectivity index (χ2v) is 9.23. The number of allylic oxidation sites excluding steroid dienone is 1. The van der Waals surface area contributed by atoms with Gasteiger partial charge in [0.05, 0.1) is 12.5 Å². The first-order valence-electron chi connectivity index (χ1n) is 10.4. The Morgan fingerprint density at radius 3 is 3.04 bits per heavy atom. The van der Waals surface area contributed by atoms with Gasteiger partial charge in [0.15, 0.2) is 6.29 Å². The van der Waals surface area contributed by atoms with E-state index >= 15 is 0 Å². The third-order valence-electron chi connectivity index (χ3n) is 6.17. The minimum absolute atomic E-state index is 0.0000615. The summed E-state index contributed by atoms with van der Waals surface area (Å²) in [5.74, 6) is 0.390. The second kappa shape index (κ2) is 7.97. The van der Waals surface area contributed by atoms with Gasteiger partial charge in [0, 0.05) is 34.4 Å². The molecule has 148 valence electrons. The number of esters is 1. The van der Waals surface area contributed by atoms with Crippen LogP contribution in [0.3, 0.4) is 0 Å². The number of carbonyl (C=O) groups excluding carboxylic acids is 1. The molecule has 0 N–H and O–H groups in total. The van der Waals surface area contributed by atoms with Gasteiger partial charge in [0.25, 0.3) is 0 Å². The normalized spacial score (nSPS) is 32.9. The Labute approximate surface area is 169 Å². The van der Waals surface area contributed by atoms with Crippen molar-refractivity contribution in [3.8, 4) is 0 Å². The van der Waals surface area contributed by atoms with Crippen molar-refractivity contribution in [2.75, 3.05) is 6.61 Å². The summed E-state index contributed by atoms with van der Waals surface area (Å²) in [4.78, 5) is 13.1. The summed E-state index contributed by atoms with van der Waals surface area (Å²) in [6.45, 7) is 0.783. The average Bonchev–Trinajstić information content (AvgIpc) is 3.35. The molecule has 0 amide bonds. The molecule has 0 radical (unpaired) electrons. The largest absolute Gasteiger partial charge is 0.462 e. The molecule has 3 heterocycles. The van der Waals surface area contributed by atoms with E-state index < -0.39 is 0 Å². The van der Waals surface area contributed by atoms with Gasteiger partial charge in [-0.3, -0.25) is 4.79 Å². The molecule has 0 spiro atoms. The van der Waals surface area contributed by atoms with Crippen molar-refractivity contribution in [1.82, 2.24) is 0 Å². The Kier molecular flexibility index (Phi) is 5.22. The van der Waals surface area contributed by atoms with E-state index in [1.165, 1.54) is 15.0 Å². The molecule has 4 nitrogen and oxygen atoms in total. The number of thiophene rings is 1. The Morgan fingerprint density at radius 1 is 1.25 bits per heavy atom. The number of carbonyl (C=O) groups is 1. The van der Waals surface area contributed by atoms with Crippen LogP contribution in [-0.2, 0) is 25.4 Å². The molecule has 1 unspecified atom stereocenters. The molecule has 1 saturated carbocycles. The van der Waals surface area contributed by atoms with Gasteiger partial charge < -0.3 is 14.2 Å². The highest BCUT2D eigenvalue weighted by Gasteiger charge is 2.50. The fourth-order valence-electron chi connectivity index (χ4n) is 4.80. The van der Waals surface area contributed by atoms with Crippen LogP contribution in [0.2, 0.25) is 0 Å². The molecule has 0 bridgehead atoms. The van der Waals surface area contributed by atoms with Crippen molar-refractivity contribution < 1.29 is 19.0 Å². The van der Waals surface area contributed by atoms with Crippen LogP contribution in [-0.4, -0.2) is 31.1 Å². The smallest absolute Gasteiger partial charge is 0.306 e. The fourth-order valence-corrected chi connectivity index (χ4v) is 5.84. The predicted octanol–water partition coefficient (Wildman–Crippen LogP) is 4.86. The first-order chi connectivity index (χ1) is 13.8. The van der Waals surface area contributed by atoms with Crippen molar-refractivity contribution in [3.05, 3.63) is 47.4 Å². The summed E-state index contributed by atoms with van der Waals surface area (Å²) in [5, 5.41) is 1.31. The topological polar surface area (TPSA) is 44.8 Å². The van der Waals surface area contributed by atoms with Crippen LogP contribution >= 0.6 is 11.3 Å². The van der Waals surface area contributed by atoms with Crippen molar-refractivity contribution in [2.24, 2.45) is 11.8 Å². The van der Waals surface area contributed by atoms with Crippen LogP contribution in [0.15, 0.2) is 42.5 Å². The Hall–Kier alpha value is -1.69. The molecule has 5 atom stereocenters. The van der Waals surface area contributed by atoms with Gasteiger partial charge >= 0.3 is 5.97 Å². The van der Waals surface area contributed by atoms with Crippen LogP contribution in [0.5, 0.6) is 0 Å².